The molecule has 0 saturated carbocycles. The Kier molecular flexibility index (Phi) is 5.66. The Bertz CT molecular complexity index is 568. The van der Waals surface area contributed by atoms with Crippen LogP contribution in [0.25, 0.3) is 0 Å². The van der Waals surface area contributed by atoms with Crippen LogP contribution in [0.1, 0.15) is 31.0 Å². The van der Waals surface area contributed by atoms with Gasteiger partial charge >= 0.3 is 0 Å². The highest BCUT2D eigenvalue weighted by Gasteiger charge is 2.10. The van der Waals surface area contributed by atoms with E-state index in [1.807, 2.05) is 30.3 Å². The Morgan fingerprint density at radius 3 is 2.48 bits per heavy atom. The number of ether oxygens (including phenoxy) is 1. The second-order valence-corrected chi connectivity index (χ2v) is 5.90. The molecule has 112 valence electrons. The van der Waals surface area contributed by atoms with E-state index in [0.717, 1.165) is 10.8 Å². The van der Waals surface area contributed by atoms with Crippen molar-refractivity contribution in [2.45, 2.75) is 32.9 Å². The molecule has 0 aliphatic carbocycles. The fourth-order valence-electron chi connectivity index (χ4n) is 2.20. The van der Waals surface area contributed by atoms with Crippen molar-refractivity contribution in [3.63, 3.8) is 0 Å². The van der Waals surface area contributed by atoms with Crippen LogP contribution in [-0.4, -0.2) is 12.6 Å². The van der Waals surface area contributed by atoms with E-state index in [0.29, 0.717) is 6.61 Å². The van der Waals surface area contributed by atoms with E-state index in [4.69, 9.17) is 16.3 Å². The third-order valence-corrected chi connectivity index (χ3v) is 3.64. The topological polar surface area (TPSA) is 21.3 Å². The van der Waals surface area contributed by atoms with E-state index in [1.54, 1.807) is 0 Å². The lowest BCUT2D eigenvalue weighted by atomic mass is 10.1. The Hall–Kier alpha value is -1.51. The smallest absolute Gasteiger partial charge is 0.119 e. The average Bonchev–Trinajstić information content (AvgIpc) is 2.46. The van der Waals surface area contributed by atoms with Crippen LogP contribution in [0.2, 0.25) is 5.02 Å². The highest BCUT2D eigenvalue weighted by Crippen LogP contribution is 2.18. The molecule has 0 spiro atoms. The molecule has 0 heterocycles. The minimum absolute atomic E-state index is 0.236. The minimum atomic E-state index is 0.236. The van der Waals surface area contributed by atoms with E-state index in [2.05, 4.69) is 44.3 Å². The number of hydrogen-bond donors (Lipinski definition) is 1. The Labute approximate surface area is 132 Å². The van der Waals surface area contributed by atoms with Gasteiger partial charge < -0.3 is 10.1 Å². The van der Waals surface area contributed by atoms with E-state index in [9.17, 15) is 0 Å². The molecule has 0 aromatic heterocycles. The first-order valence-corrected chi connectivity index (χ1v) is 7.63. The van der Waals surface area contributed by atoms with Crippen LogP contribution in [0.3, 0.4) is 0 Å². The molecular weight excluding hydrogens is 282 g/mol. The van der Waals surface area contributed by atoms with Gasteiger partial charge in [0.1, 0.15) is 12.4 Å². The number of nitrogens with one attached hydrogen (secondary N) is 1. The van der Waals surface area contributed by atoms with Crippen molar-refractivity contribution in [3.05, 3.63) is 64.7 Å². The molecule has 3 heteroatoms. The normalized spacial score (nSPS) is 13.7. The van der Waals surface area contributed by atoms with Gasteiger partial charge in [0.2, 0.25) is 0 Å². The molecule has 2 atom stereocenters. The lowest BCUT2D eigenvalue weighted by Crippen LogP contribution is -2.33. The number of halogens is 1. The van der Waals surface area contributed by atoms with E-state index < -0.39 is 0 Å². The van der Waals surface area contributed by atoms with Crippen molar-refractivity contribution in [1.82, 2.24) is 5.32 Å². The van der Waals surface area contributed by atoms with Crippen molar-refractivity contribution in [1.29, 1.82) is 0 Å². The first kappa shape index (κ1) is 15.9. The molecule has 0 saturated heterocycles. The summed E-state index contributed by atoms with van der Waals surface area (Å²) in [6.45, 7) is 6.96. The van der Waals surface area contributed by atoms with Gasteiger partial charge in [-0.05, 0) is 50.6 Å². The summed E-state index contributed by atoms with van der Waals surface area (Å²) < 4.78 is 5.79. The molecule has 2 aromatic carbocycles. The maximum Gasteiger partial charge on any atom is 0.119 e. The van der Waals surface area contributed by atoms with Gasteiger partial charge in [-0.1, -0.05) is 41.4 Å². The molecule has 0 aliphatic rings. The van der Waals surface area contributed by atoms with Crippen LogP contribution in [0, 0.1) is 6.92 Å². The lowest BCUT2D eigenvalue weighted by molar-refractivity contribution is 0.264. The van der Waals surface area contributed by atoms with Crippen LogP contribution in [-0.2, 0) is 0 Å². The highest BCUT2D eigenvalue weighted by molar-refractivity contribution is 6.30. The lowest BCUT2D eigenvalue weighted by Gasteiger charge is -2.21. The van der Waals surface area contributed by atoms with Crippen LogP contribution in [0.4, 0.5) is 0 Å². The van der Waals surface area contributed by atoms with Gasteiger partial charge in [-0.15, -0.1) is 0 Å². The van der Waals surface area contributed by atoms with Crippen molar-refractivity contribution in [2.75, 3.05) is 6.61 Å². The molecule has 2 rings (SSSR count). The van der Waals surface area contributed by atoms with E-state index >= 15 is 0 Å². The zero-order valence-corrected chi connectivity index (χ0v) is 13.5. The molecule has 2 aromatic rings. The Balaban J connectivity index is 1.83. The summed E-state index contributed by atoms with van der Waals surface area (Å²) >= 11 is 6.03. The summed E-state index contributed by atoms with van der Waals surface area (Å²) in [7, 11) is 0. The molecule has 0 radical (unpaired) electrons. The SMILES string of the molecule is Cc1ccc(OCC(C)NC(C)c2cccc(Cl)c2)cc1. The summed E-state index contributed by atoms with van der Waals surface area (Å²) in [6.07, 6.45) is 0. The van der Waals surface area contributed by atoms with Crippen molar-refractivity contribution >= 4 is 11.6 Å². The second-order valence-electron chi connectivity index (χ2n) is 5.47. The first-order valence-electron chi connectivity index (χ1n) is 7.25. The molecule has 2 unspecified atom stereocenters. The van der Waals surface area contributed by atoms with Crippen molar-refractivity contribution < 1.29 is 4.74 Å². The maximum atomic E-state index is 6.03. The largest absolute Gasteiger partial charge is 0.492 e. The maximum absolute atomic E-state index is 6.03. The minimum Gasteiger partial charge on any atom is -0.492 e. The van der Waals surface area contributed by atoms with E-state index in [1.165, 1.54) is 11.1 Å². The van der Waals surface area contributed by atoms with Gasteiger partial charge in [0, 0.05) is 17.1 Å². The van der Waals surface area contributed by atoms with Crippen LogP contribution < -0.4 is 10.1 Å². The van der Waals surface area contributed by atoms with Gasteiger partial charge in [-0.2, -0.15) is 0 Å². The number of rotatable bonds is 6. The molecule has 0 amide bonds. The monoisotopic (exact) mass is 303 g/mol. The fraction of sp³-hybridized carbons (Fsp3) is 0.333. The van der Waals surface area contributed by atoms with Crippen LogP contribution >= 0.6 is 11.6 Å². The predicted molar refractivity (Wildman–Crippen MR) is 89.1 cm³/mol. The molecule has 2 nitrogen and oxygen atoms in total. The zero-order chi connectivity index (χ0) is 15.2. The second kappa shape index (κ2) is 7.48. The highest BCUT2D eigenvalue weighted by atomic mass is 35.5. The third-order valence-electron chi connectivity index (χ3n) is 3.40. The summed E-state index contributed by atoms with van der Waals surface area (Å²) in [6, 6.07) is 16.5. The van der Waals surface area contributed by atoms with Gasteiger partial charge in [-0.3, -0.25) is 0 Å². The van der Waals surface area contributed by atoms with E-state index in [-0.39, 0.29) is 12.1 Å². The van der Waals surface area contributed by atoms with Gasteiger partial charge in [0.05, 0.1) is 0 Å². The zero-order valence-electron chi connectivity index (χ0n) is 12.8. The van der Waals surface area contributed by atoms with Crippen molar-refractivity contribution in [3.8, 4) is 5.75 Å². The predicted octanol–water partition coefficient (Wildman–Crippen LogP) is 4.77. The quantitative estimate of drug-likeness (QED) is 0.830. The fourth-order valence-corrected chi connectivity index (χ4v) is 2.40. The standard InChI is InChI=1S/C18H22ClNO/c1-13-7-9-18(10-8-13)21-12-14(2)20-15(3)16-5-4-6-17(19)11-16/h4-11,14-15,20H,12H2,1-3H3. The van der Waals surface area contributed by atoms with Gasteiger partial charge in [0.15, 0.2) is 0 Å². The Morgan fingerprint density at radius 1 is 1.10 bits per heavy atom. The molecule has 0 bridgehead atoms. The van der Waals surface area contributed by atoms with Crippen LogP contribution in [0.15, 0.2) is 48.5 Å². The van der Waals surface area contributed by atoms with Crippen LogP contribution in [0.5, 0.6) is 5.75 Å². The molecule has 0 aliphatic heterocycles. The summed E-state index contributed by atoms with van der Waals surface area (Å²) in [5.41, 5.74) is 2.42. The molecule has 0 fully saturated rings. The van der Waals surface area contributed by atoms with Crippen molar-refractivity contribution in [2.24, 2.45) is 0 Å². The van der Waals surface area contributed by atoms with Gasteiger partial charge in [-0.25, -0.2) is 0 Å². The third kappa shape index (κ3) is 5.07. The summed E-state index contributed by atoms with van der Waals surface area (Å²) in [5, 5.41) is 4.29. The number of benzene rings is 2. The summed E-state index contributed by atoms with van der Waals surface area (Å²) in [4.78, 5) is 0. The summed E-state index contributed by atoms with van der Waals surface area (Å²) in [5.74, 6) is 0.907. The Morgan fingerprint density at radius 2 is 1.81 bits per heavy atom. The molecule has 1 N–H and O–H groups in total. The van der Waals surface area contributed by atoms with Gasteiger partial charge in [0.25, 0.3) is 0 Å². The molecular formula is C18H22ClNO. The molecule has 21 heavy (non-hydrogen) atoms. The first-order chi connectivity index (χ1) is 10.0. The number of hydrogen-bond acceptors (Lipinski definition) is 2. The number of aryl methyl sites for hydroxylation is 1. The average molecular weight is 304 g/mol.